The van der Waals surface area contributed by atoms with Crippen LogP contribution in [0.25, 0.3) is 0 Å². The molecule has 1 aromatic heterocycles. The smallest absolute Gasteiger partial charge is 0.0959 e. The van der Waals surface area contributed by atoms with Crippen LogP contribution in [0.15, 0.2) is 5.38 Å². The van der Waals surface area contributed by atoms with Crippen molar-refractivity contribution in [2.24, 2.45) is 11.8 Å². The number of hydrogen-bond acceptors (Lipinski definition) is 3. The van der Waals surface area contributed by atoms with Gasteiger partial charge in [-0.2, -0.15) is 0 Å². The fourth-order valence-corrected chi connectivity index (χ4v) is 4.15. The molecule has 2 aliphatic carbocycles. The summed E-state index contributed by atoms with van der Waals surface area (Å²) in [5.41, 5.74) is 1.26. The molecular formula is C16H26N2S. The molecule has 0 bridgehead atoms. The van der Waals surface area contributed by atoms with E-state index in [1.54, 1.807) is 0 Å². The highest BCUT2D eigenvalue weighted by molar-refractivity contribution is 7.09. The standard InChI is InChI=1S/C16H26N2S/c1-11(2)12-3-5-13(6-4-12)16-18-15(10-19-16)9-17-14-7-8-14/h10-14,17H,3-9H2,1-2H3. The van der Waals surface area contributed by atoms with E-state index in [4.69, 9.17) is 4.98 Å². The minimum atomic E-state index is 0.745. The summed E-state index contributed by atoms with van der Waals surface area (Å²) >= 11 is 1.89. The van der Waals surface area contributed by atoms with Crippen molar-refractivity contribution in [2.75, 3.05) is 0 Å². The molecule has 2 fully saturated rings. The van der Waals surface area contributed by atoms with Crippen molar-refractivity contribution < 1.29 is 0 Å². The number of rotatable bonds is 5. The number of aromatic nitrogens is 1. The van der Waals surface area contributed by atoms with E-state index in [0.29, 0.717) is 0 Å². The highest BCUT2D eigenvalue weighted by atomic mass is 32.1. The highest BCUT2D eigenvalue weighted by Gasteiger charge is 2.26. The Bertz CT molecular complexity index is 401. The number of hydrogen-bond donors (Lipinski definition) is 1. The molecule has 1 heterocycles. The Morgan fingerprint density at radius 1 is 1.21 bits per heavy atom. The summed E-state index contributed by atoms with van der Waals surface area (Å²) < 4.78 is 0. The molecule has 0 radical (unpaired) electrons. The van der Waals surface area contributed by atoms with Gasteiger partial charge in [-0.25, -0.2) is 4.98 Å². The number of nitrogens with one attached hydrogen (secondary N) is 1. The molecule has 1 N–H and O–H groups in total. The van der Waals surface area contributed by atoms with Gasteiger partial charge in [0.2, 0.25) is 0 Å². The maximum atomic E-state index is 4.86. The Kier molecular flexibility index (Phi) is 4.23. The topological polar surface area (TPSA) is 24.9 Å². The molecule has 1 aromatic rings. The largest absolute Gasteiger partial charge is 0.308 e. The minimum absolute atomic E-state index is 0.745. The summed E-state index contributed by atoms with van der Waals surface area (Å²) in [4.78, 5) is 4.86. The van der Waals surface area contributed by atoms with Crippen molar-refractivity contribution in [3.63, 3.8) is 0 Å². The second kappa shape index (κ2) is 5.92. The van der Waals surface area contributed by atoms with Crippen molar-refractivity contribution in [2.45, 2.75) is 70.9 Å². The van der Waals surface area contributed by atoms with Gasteiger partial charge in [0.25, 0.3) is 0 Å². The Balaban J connectivity index is 1.51. The average Bonchev–Trinajstić information content (AvgIpc) is 3.13. The van der Waals surface area contributed by atoms with Crippen molar-refractivity contribution in [3.05, 3.63) is 16.1 Å². The maximum absolute atomic E-state index is 4.86. The lowest BCUT2D eigenvalue weighted by Crippen LogP contribution is -2.18. The van der Waals surface area contributed by atoms with Gasteiger partial charge in [-0.15, -0.1) is 11.3 Å². The van der Waals surface area contributed by atoms with Gasteiger partial charge >= 0.3 is 0 Å². The zero-order chi connectivity index (χ0) is 13.2. The van der Waals surface area contributed by atoms with E-state index in [1.807, 2.05) is 11.3 Å². The first-order valence-electron chi connectivity index (χ1n) is 7.90. The van der Waals surface area contributed by atoms with Crippen LogP contribution in [0.4, 0.5) is 0 Å². The Morgan fingerprint density at radius 3 is 2.58 bits per heavy atom. The predicted molar refractivity (Wildman–Crippen MR) is 81.5 cm³/mol. The molecule has 2 aliphatic rings. The molecule has 3 heteroatoms. The summed E-state index contributed by atoms with van der Waals surface area (Å²) in [6.07, 6.45) is 8.22. The van der Waals surface area contributed by atoms with E-state index < -0.39 is 0 Å². The zero-order valence-corrected chi connectivity index (χ0v) is 13.0. The van der Waals surface area contributed by atoms with Crippen LogP contribution in [0.2, 0.25) is 0 Å². The lowest BCUT2D eigenvalue weighted by Gasteiger charge is -2.29. The third-order valence-electron chi connectivity index (χ3n) is 4.78. The van der Waals surface area contributed by atoms with Crippen LogP contribution in [0.5, 0.6) is 0 Å². The predicted octanol–water partition coefficient (Wildman–Crippen LogP) is 4.32. The van der Waals surface area contributed by atoms with E-state index in [2.05, 4.69) is 24.5 Å². The summed E-state index contributed by atoms with van der Waals surface area (Å²) in [6.45, 7) is 5.72. The van der Waals surface area contributed by atoms with Gasteiger partial charge < -0.3 is 5.32 Å². The summed E-state index contributed by atoms with van der Waals surface area (Å²) in [5.74, 6) is 2.55. The molecule has 0 atom stereocenters. The van der Waals surface area contributed by atoms with Crippen molar-refractivity contribution in [1.29, 1.82) is 0 Å². The molecule has 19 heavy (non-hydrogen) atoms. The van der Waals surface area contributed by atoms with Gasteiger partial charge in [0.05, 0.1) is 10.7 Å². The van der Waals surface area contributed by atoms with Crippen LogP contribution >= 0.6 is 11.3 Å². The molecule has 0 aliphatic heterocycles. The first kappa shape index (κ1) is 13.6. The zero-order valence-electron chi connectivity index (χ0n) is 12.2. The van der Waals surface area contributed by atoms with Crippen LogP contribution in [0.1, 0.15) is 69.0 Å². The van der Waals surface area contributed by atoms with E-state index in [9.17, 15) is 0 Å². The van der Waals surface area contributed by atoms with Gasteiger partial charge in [0.1, 0.15) is 0 Å². The molecular weight excluding hydrogens is 252 g/mol. The number of thiazole rings is 1. The Hall–Kier alpha value is -0.410. The van der Waals surface area contributed by atoms with Gasteiger partial charge in [-0.3, -0.25) is 0 Å². The van der Waals surface area contributed by atoms with Crippen LogP contribution < -0.4 is 5.32 Å². The second-order valence-corrected chi connectivity index (χ2v) is 7.58. The van der Waals surface area contributed by atoms with Gasteiger partial charge in [-0.05, 0) is 50.4 Å². The second-order valence-electron chi connectivity index (χ2n) is 6.69. The molecule has 2 saturated carbocycles. The fourth-order valence-electron chi connectivity index (χ4n) is 3.16. The lowest BCUT2D eigenvalue weighted by molar-refractivity contribution is 0.258. The molecule has 0 saturated heterocycles. The minimum Gasteiger partial charge on any atom is -0.308 e. The quantitative estimate of drug-likeness (QED) is 0.867. The van der Waals surface area contributed by atoms with Crippen LogP contribution in [0.3, 0.4) is 0 Å². The highest BCUT2D eigenvalue weighted by Crippen LogP contribution is 2.39. The van der Waals surface area contributed by atoms with Crippen LogP contribution in [-0.4, -0.2) is 11.0 Å². The number of nitrogens with zero attached hydrogens (tertiary/aromatic N) is 1. The van der Waals surface area contributed by atoms with E-state index in [1.165, 1.54) is 49.2 Å². The van der Waals surface area contributed by atoms with Crippen molar-refractivity contribution in [1.82, 2.24) is 10.3 Å². The Labute approximate surface area is 121 Å². The molecule has 106 valence electrons. The van der Waals surface area contributed by atoms with Gasteiger partial charge in [0, 0.05) is 23.9 Å². The molecule has 0 amide bonds. The van der Waals surface area contributed by atoms with Crippen LogP contribution in [0, 0.1) is 11.8 Å². The first-order valence-corrected chi connectivity index (χ1v) is 8.78. The molecule has 0 unspecified atom stereocenters. The average molecular weight is 278 g/mol. The molecule has 3 rings (SSSR count). The van der Waals surface area contributed by atoms with E-state index in [0.717, 1.165) is 30.3 Å². The van der Waals surface area contributed by atoms with Gasteiger partial charge in [0.15, 0.2) is 0 Å². The van der Waals surface area contributed by atoms with Crippen molar-refractivity contribution >= 4 is 11.3 Å². The van der Waals surface area contributed by atoms with E-state index in [-0.39, 0.29) is 0 Å². The Morgan fingerprint density at radius 2 is 1.95 bits per heavy atom. The normalized spacial score (nSPS) is 27.9. The SMILES string of the molecule is CC(C)C1CCC(c2nc(CNC3CC3)cs2)CC1. The van der Waals surface area contributed by atoms with Gasteiger partial charge in [-0.1, -0.05) is 13.8 Å². The third kappa shape index (κ3) is 3.57. The third-order valence-corrected chi connectivity index (χ3v) is 5.84. The van der Waals surface area contributed by atoms with Crippen LogP contribution in [-0.2, 0) is 6.54 Å². The molecule has 0 aromatic carbocycles. The summed E-state index contributed by atoms with van der Waals surface area (Å²) in [5, 5.41) is 7.22. The summed E-state index contributed by atoms with van der Waals surface area (Å²) in [6, 6.07) is 0.784. The fraction of sp³-hybridized carbons (Fsp3) is 0.812. The monoisotopic (exact) mass is 278 g/mol. The molecule has 0 spiro atoms. The van der Waals surface area contributed by atoms with E-state index >= 15 is 0 Å². The lowest BCUT2D eigenvalue weighted by atomic mass is 9.77. The maximum Gasteiger partial charge on any atom is 0.0959 e. The summed E-state index contributed by atoms with van der Waals surface area (Å²) in [7, 11) is 0. The molecule has 2 nitrogen and oxygen atoms in total. The van der Waals surface area contributed by atoms with Crippen molar-refractivity contribution in [3.8, 4) is 0 Å². The first-order chi connectivity index (χ1) is 9.22.